The fraction of sp³-hybridized carbons (Fsp3) is 0.562. The fourth-order valence-corrected chi connectivity index (χ4v) is 5.82. The maximum atomic E-state index is 12.9. The predicted octanol–water partition coefficient (Wildman–Crippen LogP) is 6.43. The van der Waals surface area contributed by atoms with Gasteiger partial charge in [0, 0.05) is 10.8 Å². The molecule has 5 rings (SSSR count). The number of carbonyl (C=O) groups excluding carboxylic acids is 2. The number of hydrogen-bond acceptors (Lipinski definition) is 7. The molecule has 0 bridgehead atoms. The highest BCUT2D eigenvalue weighted by Gasteiger charge is 2.19. The lowest BCUT2D eigenvalue weighted by Crippen LogP contribution is -2.30. The molecule has 0 spiro atoms. The van der Waals surface area contributed by atoms with Crippen molar-refractivity contribution in [3.63, 3.8) is 0 Å². The minimum Gasteiger partial charge on any atom is -0.462 e. The normalized spacial score (nSPS) is 17.0. The summed E-state index contributed by atoms with van der Waals surface area (Å²) in [5.41, 5.74) is 2.03. The molecule has 0 atom stereocenters. The van der Waals surface area contributed by atoms with Crippen LogP contribution in [0.1, 0.15) is 84.9 Å². The van der Waals surface area contributed by atoms with E-state index >= 15 is 0 Å². The van der Waals surface area contributed by atoms with E-state index in [2.05, 4.69) is 9.80 Å². The molecule has 2 aliphatic heterocycles. The van der Waals surface area contributed by atoms with E-state index in [4.69, 9.17) is 13.9 Å². The number of rotatable bonds is 12. The second-order valence-electron chi connectivity index (χ2n) is 11.0. The molecule has 7 heteroatoms. The first-order valence-corrected chi connectivity index (χ1v) is 14.9. The van der Waals surface area contributed by atoms with Crippen LogP contribution in [0.3, 0.4) is 0 Å². The zero-order valence-corrected chi connectivity index (χ0v) is 23.1. The van der Waals surface area contributed by atoms with E-state index in [0.29, 0.717) is 35.5 Å². The molecule has 1 aromatic heterocycles. The maximum Gasteiger partial charge on any atom is 0.341 e. The Balaban J connectivity index is 1.13. The summed E-state index contributed by atoms with van der Waals surface area (Å²) in [5.74, 6) is -0.703. The van der Waals surface area contributed by atoms with Crippen LogP contribution >= 0.6 is 0 Å². The molecule has 3 aromatic rings. The molecule has 210 valence electrons. The van der Waals surface area contributed by atoms with Crippen molar-refractivity contribution in [2.45, 2.75) is 64.2 Å². The molecule has 0 aliphatic carbocycles. The summed E-state index contributed by atoms with van der Waals surface area (Å²) in [6, 6.07) is 10.8. The van der Waals surface area contributed by atoms with E-state index in [-0.39, 0.29) is 11.9 Å². The molecule has 0 saturated carbocycles. The largest absolute Gasteiger partial charge is 0.462 e. The monoisotopic (exact) mass is 534 g/mol. The van der Waals surface area contributed by atoms with Gasteiger partial charge in [0.1, 0.15) is 16.7 Å². The highest BCUT2D eigenvalue weighted by atomic mass is 16.5. The van der Waals surface area contributed by atoms with Crippen molar-refractivity contribution in [2.75, 3.05) is 52.5 Å². The summed E-state index contributed by atoms with van der Waals surface area (Å²) >= 11 is 0. The molecule has 0 unspecified atom stereocenters. The minimum absolute atomic E-state index is 0.329. The average Bonchev–Trinajstić information content (AvgIpc) is 3.36. The number of piperidine rings is 2. The zero-order chi connectivity index (χ0) is 26.9. The van der Waals surface area contributed by atoms with Gasteiger partial charge < -0.3 is 23.7 Å². The van der Waals surface area contributed by atoms with Crippen molar-refractivity contribution in [2.24, 2.45) is 0 Å². The Morgan fingerprint density at radius 2 is 1.31 bits per heavy atom. The standard InChI is InChI=1S/C32H42N2O5/c35-31(37-22-9-7-20-33-16-3-1-4-17-33)25-14-15-29-28(24-25)26-12-11-13-27(30(26)39-29)32(36)38-23-10-8-21-34-18-5-2-6-19-34/h11-15,24H,1-10,16-23H2. The average molecular weight is 535 g/mol. The molecular formula is C32H42N2O5. The number of nitrogens with zero attached hydrogens (tertiary/aromatic N) is 2. The lowest BCUT2D eigenvalue weighted by atomic mass is 10.1. The number of furan rings is 1. The predicted molar refractivity (Wildman–Crippen MR) is 153 cm³/mol. The van der Waals surface area contributed by atoms with Crippen LogP contribution in [-0.4, -0.2) is 74.2 Å². The van der Waals surface area contributed by atoms with Crippen LogP contribution in [-0.2, 0) is 9.47 Å². The molecule has 39 heavy (non-hydrogen) atoms. The van der Waals surface area contributed by atoms with E-state index in [1.165, 1.54) is 64.7 Å². The van der Waals surface area contributed by atoms with E-state index < -0.39 is 0 Å². The third-order valence-corrected chi connectivity index (χ3v) is 8.05. The first kappa shape index (κ1) is 27.7. The van der Waals surface area contributed by atoms with E-state index in [0.717, 1.165) is 49.5 Å². The van der Waals surface area contributed by atoms with E-state index in [1.54, 1.807) is 24.3 Å². The van der Waals surface area contributed by atoms with Crippen LogP contribution in [0.2, 0.25) is 0 Å². The Kier molecular flexibility index (Phi) is 9.89. The smallest absolute Gasteiger partial charge is 0.341 e. The fourth-order valence-electron chi connectivity index (χ4n) is 5.82. The van der Waals surface area contributed by atoms with Crippen molar-refractivity contribution >= 4 is 33.9 Å². The van der Waals surface area contributed by atoms with Crippen molar-refractivity contribution < 1.29 is 23.5 Å². The number of fused-ring (bicyclic) bond motifs is 3. The number of esters is 2. The van der Waals surface area contributed by atoms with Crippen molar-refractivity contribution in [3.8, 4) is 0 Å². The third-order valence-electron chi connectivity index (χ3n) is 8.05. The quantitative estimate of drug-likeness (QED) is 0.196. The molecule has 7 nitrogen and oxygen atoms in total. The molecule has 0 radical (unpaired) electrons. The van der Waals surface area contributed by atoms with Gasteiger partial charge in [-0.05, 0) is 115 Å². The van der Waals surface area contributed by atoms with Gasteiger partial charge in [-0.2, -0.15) is 0 Å². The van der Waals surface area contributed by atoms with Crippen LogP contribution in [0, 0.1) is 0 Å². The van der Waals surface area contributed by atoms with E-state index in [9.17, 15) is 9.59 Å². The summed E-state index contributed by atoms with van der Waals surface area (Å²) in [7, 11) is 0. The third kappa shape index (κ3) is 7.40. The molecule has 2 aliphatic rings. The number of para-hydroxylation sites is 1. The van der Waals surface area contributed by atoms with Crippen LogP contribution in [0.5, 0.6) is 0 Å². The highest BCUT2D eigenvalue weighted by Crippen LogP contribution is 2.32. The van der Waals surface area contributed by atoms with Gasteiger partial charge in [0.2, 0.25) is 0 Å². The molecular weight excluding hydrogens is 492 g/mol. The SMILES string of the molecule is O=C(OCCCCN1CCCCC1)c1ccc2oc3c(C(=O)OCCCCN4CCCCC4)cccc3c2c1. The van der Waals surface area contributed by atoms with Crippen LogP contribution in [0.4, 0.5) is 0 Å². The van der Waals surface area contributed by atoms with E-state index in [1.807, 2.05) is 12.1 Å². The van der Waals surface area contributed by atoms with Crippen molar-refractivity contribution in [1.82, 2.24) is 9.80 Å². The van der Waals surface area contributed by atoms with Gasteiger partial charge in [0.15, 0.2) is 0 Å². The lowest BCUT2D eigenvalue weighted by molar-refractivity contribution is 0.0486. The number of unbranched alkanes of at least 4 members (excludes halogenated alkanes) is 2. The minimum atomic E-state index is -0.373. The van der Waals surface area contributed by atoms with Gasteiger partial charge in [-0.25, -0.2) is 9.59 Å². The van der Waals surface area contributed by atoms with Crippen molar-refractivity contribution in [1.29, 1.82) is 0 Å². The van der Waals surface area contributed by atoms with Gasteiger partial charge in [0.05, 0.1) is 18.8 Å². The maximum absolute atomic E-state index is 12.9. The summed E-state index contributed by atoms with van der Waals surface area (Å²) < 4.78 is 17.2. The molecule has 3 heterocycles. The Morgan fingerprint density at radius 3 is 1.95 bits per heavy atom. The Morgan fingerprint density at radius 1 is 0.692 bits per heavy atom. The van der Waals surface area contributed by atoms with Crippen molar-refractivity contribution in [3.05, 3.63) is 47.5 Å². The van der Waals surface area contributed by atoms with Gasteiger partial charge >= 0.3 is 11.9 Å². The van der Waals surface area contributed by atoms with Gasteiger partial charge in [0.25, 0.3) is 0 Å². The Labute approximate surface area is 231 Å². The number of carbonyl (C=O) groups is 2. The number of benzene rings is 2. The first-order chi connectivity index (χ1) is 19.2. The lowest BCUT2D eigenvalue weighted by Gasteiger charge is -2.26. The van der Waals surface area contributed by atoms with Gasteiger partial charge in [-0.3, -0.25) is 0 Å². The number of likely N-dealkylation sites (tertiary alicyclic amines) is 2. The molecule has 0 amide bonds. The zero-order valence-electron chi connectivity index (χ0n) is 23.1. The number of hydrogen-bond donors (Lipinski definition) is 0. The highest BCUT2D eigenvalue weighted by molar-refractivity contribution is 6.13. The Hall–Kier alpha value is -2.90. The van der Waals surface area contributed by atoms with Gasteiger partial charge in [-0.15, -0.1) is 0 Å². The molecule has 0 N–H and O–H groups in total. The topological polar surface area (TPSA) is 72.2 Å². The molecule has 2 fully saturated rings. The summed E-state index contributed by atoms with van der Waals surface area (Å²) in [6.07, 6.45) is 11.6. The first-order valence-electron chi connectivity index (χ1n) is 14.9. The number of ether oxygens (including phenoxy) is 2. The molecule has 2 saturated heterocycles. The Bertz CT molecular complexity index is 1240. The van der Waals surface area contributed by atoms with Crippen LogP contribution in [0.25, 0.3) is 21.9 Å². The van der Waals surface area contributed by atoms with Gasteiger partial charge in [-0.1, -0.05) is 25.0 Å². The van der Waals surface area contributed by atoms with Crippen LogP contribution < -0.4 is 0 Å². The molecule has 2 aromatic carbocycles. The second kappa shape index (κ2) is 13.9. The summed E-state index contributed by atoms with van der Waals surface area (Å²) in [6.45, 7) is 7.72. The summed E-state index contributed by atoms with van der Waals surface area (Å²) in [5, 5.41) is 1.58. The summed E-state index contributed by atoms with van der Waals surface area (Å²) in [4.78, 5) is 30.6. The second-order valence-corrected chi connectivity index (χ2v) is 11.0. The van der Waals surface area contributed by atoms with Crippen LogP contribution in [0.15, 0.2) is 40.8 Å².